The number of nitrogens with one attached hydrogen (secondary N) is 1. The van der Waals surface area contributed by atoms with Crippen molar-refractivity contribution in [1.29, 1.82) is 0 Å². The molecule has 1 saturated heterocycles. The minimum atomic E-state index is -0.539. The summed E-state index contributed by atoms with van der Waals surface area (Å²) in [6.07, 6.45) is 1.13. The maximum atomic E-state index is 14.4. The van der Waals surface area contributed by atoms with E-state index in [1.165, 1.54) is 12.1 Å². The number of aromatic nitrogens is 1. The van der Waals surface area contributed by atoms with Gasteiger partial charge in [-0.3, -0.25) is 0 Å². The van der Waals surface area contributed by atoms with Gasteiger partial charge in [0.15, 0.2) is 0 Å². The maximum absolute atomic E-state index is 14.4. The molecule has 0 amide bonds. The minimum Gasteiger partial charge on any atom is -0.486 e. The Balaban J connectivity index is 1.61. The molecule has 29 heavy (non-hydrogen) atoms. The van der Waals surface area contributed by atoms with Crippen LogP contribution in [-0.4, -0.2) is 25.3 Å². The topological polar surface area (TPSA) is 43.5 Å². The molecule has 1 aromatic heterocycles. The largest absolute Gasteiger partial charge is 0.486 e. The summed E-state index contributed by atoms with van der Waals surface area (Å²) in [6, 6.07) is 14.7. The average molecular weight is 414 g/mol. The molecule has 1 aliphatic heterocycles. The van der Waals surface area contributed by atoms with Crippen LogP contribution in [0.25, 0.3) is 10.9 Å². The highest BCUT2D eigenvalue weighted by molar-refractivity contribution is 7.71. The van der Waals surface area contributed by atoms with Crippen molar-refractivity contribution in [3.63, 3.8) is 0 Å². The van der Waals surface area contributed by atoms with Crippen molar-refractivity contribution in [2.24, 2.45) is 0 Å². The lowest BCUT2D eigenvalue weighted by atomic mass is 9.86. The van der Waals surface area contributed by atoms with Crippen molar-refractivity contribution >= 4 is 23.1 Å². The Morgan fingerprint density at radius 1 is 1.10 bits per heavy atom. The summed E-state index contributed by atoms with van der Waals surface area (Å²) in [5.74, 6) is 0.154. The fraction of sp³-hybridized carbons (Fsp3) is 0.348. The van der Waals surface area contributed by atoms with E-state index in [9.17, 15) is 4.39 Å². The number of aromatic amines is 1. The van der Waals surface area contributed by atoms with Crippen molar-refractivity contribution in [3.05, 3.63) is 70.1 Å². The molecular weight excluding hydrogens is 389 g/mol. The second-order valence-electron chi connectivity index (χ2n) is 7.42. The number of ether oxygens (including phenoxy) is 3. The average Bonchev–Trinajstić information content (AvgIpc) is 2.73. The van der Waals surface area contributed by atoms with E-state index in [2.05, 4.69) is 11.1 Å². The summed E-state index contributed by atoms with van der Waals surface area (Å²) in [6.45, 7) is 3.14. The first-order chi connectivity index (χ1) is 14.0. The van der Waals surface area contributed by atoms with Gasteiger partial charge in [0.2, 0.25) is 0 Å². The predicted molar refractivity (Wildman–Crippen MR) is 113 cm³/mol. The zero-order valence-electron chi connectivity index (χ0n) is 16.5. The molecular formula is C23H24FNO3S. The first kappa shape index (κ1) is 20.0. The molecule has 0 aliphatic carbocycles. The van der Waals surface area contributed by atoms with Gasteiger partial charge in [-0.2, -0.15) is 0 Å². The third-order valence-corrected chi connectivity index (χ3v) is 5.86. The first-order valence-electron chi connectivity index (χ1n) is 9.73. The Labute approximate surface area is 174 Å². The summed E-state index contributed by atoms with van der Waals surface area (Å²) in [4.78, 5) is 3.17. The number of fused-ring (bicyclic) bond motifs is 1. The van der Waals surface area contributed by atoms with Crippen LogP contribution in [0.4, 0.5) is 4.39 Å². The van der Waals surface area contributed by atoms with Crippen LogP contribution >= 0.6 is 12.2 Å². The normalized spacial score (nSPS) is 17.2. The van der Waals surface area contributed by atoms with Crippen molar-refractivity contribution in [2.45, 2.75) is 31.5 Å². The van der Waals surface area contributed by atoms with Gasteiger partial charge >= 0.3 is 0 Å². The number of methoxy groups -OCH3 is 1. The Morgan fingerprint density at radius 2 is 1.90 bits per heavy atom. The smallest absolute Gasteiger partial charge is 0.127 e. The molecule has 1 N–H and O–H groups in total. The predicted octanol–water partition coefficient (Wildman–Crippen LogP) is 5.83. The summed E-state index contributed by atoms with van der Waals surface area (Å²) < 4.78 is 32.5. The lowest BCUT2D eigenvalue weighted by Crippen LogP contribution is -2.35. The Kier molecular flexibility index (Phi) is 5.67. The quantitative estimate of drug-likeness (QED) is 0.535. The van der Waals surface area contributed by atoms with Crippen LogP contribution in [0.15, 0.2) is 48.5 Å². The van der Waals surface area contributed by atoms with Crippen LogP contribution in [0.1, 0.15) is 37.0 Å². The third-order valence-electron chi connectivity index (χ3n) is 5.62. The van der Waals surface area contributed by atoms with Crippen molar-refractivity contribution in [3.8, 4) is 5.75 Å². The van der Waals surface area contributed by atoms with Gasteiger partial charge in [0.1, 0.15) is 22.3 Å². The lowest BCUT2D eigenvalue weighted by Gasteiger charge is -2.36. The second kappa shape index (κ2) is 8.22. The Hall–Kier alpha value is -2.28. The molecule has 6 heteroatoms. The molecule has 0 saturated carbocycles. The monoisotopic (exact) mass is 413 g/mol. The molecule has 1 aliphatic rings. The standard InChI is InChI=1S/C23H24FNO3S/c1-15(16-3-5-21-17(11-16)4-6-22(29)25-21)28-20-13-18(12-19(24)14-20)23(26-2)7-9-27-10-8-23/h3-6,11-15H,7-10H2,1-2H3,(H,25,29). The van der Waals surface area contributed by atoms with E-state index >= 15 is 0 Å². The van der Waals surface area contributed by atoms with Crippen molar-refractivity contribution < 1.29 is 18.6 Å². The molecule has 4 nitrogen and oxygen atoms in total. The molecule has 2 heterocycles. The van der Waals surface area contributed by atoms with Gasteiger partial charge in [0, 0.05) is 44.7 Å². The number of hydrogen-bond acceptors (Lipinski definition) is 4. The number of hydrogen-bond donors (Lipinski definition) is 1. The number of rotatable bonds is 5. The molecule has 1 unspecified atom stereocenters. The van der Waals surface area contributed by atoms with Crippen molar-refractivity contribution in [1.82, 2.24) is 4.98 Å². The van der Waals surface area contributed by atoms with Crippen LogP contribution in [0, 0.1) is 10.5 Å². The summed E-state index contributed by atoms with van der Waals surface area (Å²) >= 11 is 5.17. The van der Waals surface area contributed by atoms with E-state index in [1.807, 2.05) is 37.3 Å². The number of pyridine rings is 1. The van der Waals surface area contributed by atoms with Gasteiger partial charge in [-0.25, -0.2) is 4.39 Å². The van der Waals surface area contributed by atoms with E-state index in [0.717, 1.165) is 22.0 Å². The van der Waals surface area contributed by atoms with Crippen LogP contribution in [0.5, 0.6) is 5.75 Å². The van der Waals surface area contributed by atoms with E-state index in [-0.39, 0.29) is 11.9 Å². The second-order valence-corrected chi connectivity index (χ2v) is 7.86. The van der Waals surface area contributed by atoms with Crippen LogP contribution in [0.3, 0.4) is 0 Å². The molecule has 152 valence electrons. The minimum absolute atomic E-state index is 0.245. The van der Waals surface area contributed by atoms with E-state index in [1.54, 1.807) is 7.11 Å². The maximum Gasteiger partial charge on any atom is 0.127 e. The van der Waals surface area contributed by atoms with E-state index in [4.69, 9.17) is 26.4 Å². The fourth-order valence-corrected chi connectivity index (χ4v) is 4.08. The van der Waals surface area contributed by atoms with Gasteiger partial charge in [0.05, 0.1) is 5.60 Å². The molecule has 1 fully saturated rings. The molecule has 0 spiro atoms. The highest BCUT2D eigenvalue weighted by atomic mass is 32.1. The summed E-state index contributed by atoms with van der Waals surface area (Å²) in [7, 11) is 1.67. The van der Waals surface area contributed by atoms with Crippen molar-refractivity contribution in [2.75, 3.05) is 20.3 Å². The van der Waals surface area contributed by atoms with Gasteiger partial charge in [0.25, 0.3) is 0 Å². The highest BCUT2D eigenvalue weighted by Gasteiger charge is 2.35. The molecule has 3 aromatic rings. The molecule has 0 radical (unpaired) electrons. The van der Waals surface area contributed by atoms with E-state index in [0.29, 0.717) is 36.4 Å². The van der Waals surface area contributed by atoms with Gasteiger partial charge in [-0.15, -0.1) is 0 Å². The van der Waals surface area contributed by atoms with E-state index < -0.39 is 5.60 Å². The SMILES string of the molecule is COC1(c2cc(F)cc(OC(C)c3ccc4[nH]c(=S)ccc4c3)c2)CCOCC1. The Morgan fingerprint density at radius 3 is 2.66 bits per heavy atom. The first-order valence-corrected chi connectivity index (χ1v) is 10.1. The Bertz CT molecular complexity index is 1080. The zero-order valence-corrected chi connectivity index (χ0v) is 17.4. The number of H-pyrrole nitrogens is 1. The highest BCUT2D eigenvalue weighted by Crippen LogP contribution is 2.38. The zero-order chi connectivity index (χ0) is 20.4. The molecule has 0 bridgehead atoms. The summed E-state index contributed by atoms with van der Waals surface area (Å²) in [5, 5.41) is 1.05. The molecule has 1 atom stereocenters. The summed E-state index contributed by atoms with van der Waals surface area (Å²) in [5.41, 5.74) is 2.23. The van der Waals surface area contributed by atoms with Crippen LogP contribution in [-0.2, 0) is 15.1 Å². The van der Waals surface area contributed by atoms with Gasteiger partial charge in [-0.1, -0.05) is 18.3 Å². The van der Waals surface area contributed by atoms with Crippen LogP contribution in [0.2, 0.25) is 0 Å². The third kappa shape index (κ3) is 4.20. The molecule has 2 aromatic carbocycles. The number of halogens is 1. The number of benzene rings is 2. The molecule has 4 rings (SSSR count). The van der Waals surface area contributed by atoms with Gasteiger partial charge < -0.3 is 19.2 Å². The fourth-order valence-electron chi connectivity index (χ4n) is 3.90. The van der Waals surface area contributed by atoms with Gasteiger partial charge in [-0.05, 0) is 59.8 Å². The van der Waals surface area contributed by atoms with Crippen LogP contribution < -0.4 is 4.74 Å². The lowest BCUT2D eigenvalue weighted by molar-refractivity contribution is -0.0950.